The molecule has 0 aliphatic rings. The summed E-state index contributed by atoms with van der Waals surface area (Å²) in [5, 5.41) is 8.57. The summed E-state index contributed by atoms with van der Waals surface area (Å²) in [7, 11) is -1.53. The molecule has 0 amide bonds. The second-order valence-corrected chi connectivity index (χ2v) is 9.12. The predicted octanol–water partition coefficient (Wildman–Crippen LogP) is 1.55. The molecule has 4 heteroatoms. The summed E-state index contributed by atoms with van der Waals surface area (Å²) >= 11 is 0. The third-order valence-electron chi connectivity index (χ3n) is 1.49. The molecule has 0 saturated carbocycles. The summed E-state index contributed by atoms with van der Waals surface area (Å²) in [5.74, 6) is 0.651. The van der Waals surface area contributed by atoms with Crippen LogP contribution in [0.15, 0.2) is 0 Å². The number of carboxylic acid groups (broad SMARTS) is 1. The monoisotopic (exact) mass is 212 g/mol. The van der Waals surface area contributed by atoms with E-state index in [0.717, 1.165) is 0 Å². The van der Waals surface area contributed by atoms with E-state index < -0.39 is 20.0 Å². The van der Waals surface area contributed by atoms with Gasteiger partial charge in [0.1, 0.15) is 8.07 Å². The normalized spacial score (nSPS) is 12.6. The Balaban J connectivity index is 4.23. The van der Waals surface area contributed by atoms with Gasteiger partial charge in [-0.3, -0.25) is 9.59 Å². The van der Waals surface area contributed by atoms with Crippen molar-refractivity contribution in [2.75, 3.05) is 0 Å². The van der Waals surface area contributed by atoms with Gasteiger partial charge in [0.15, 0.2) is 0 Å². The van der Waals surface area contributed by atoms with Gasteiger partial charge >= 0.3 is 5.97 Å². The molecule has 0 aromatic carbocycles. The van der Waals surface area contributed by atoms with Crippen LogP contribution in [0.5, 0.6) is 0 Å². The minimum absolute atomic E-state index is 0.00676. The van der Waals surface area contributed by atoms with E-state index in [1.165, 1.54) is 6.92 Å². The Labute approximate surface area is 85.5 Å². The zero-order valence-electron chi connectivity index (χ0n) is 9.05. The average Bonchev–Trinajstić information content (AvgIpc) is 1.99. The molecule has 3 nitrogen and oxygen atoms in total. The fourth-order valence-electron chi connectivity index (χ4n) is 0.674. The van der Waals surface area contributed by atoms with E-state index in [2.05, 4.69) is 11.5 Å². The van der Waals surface area contributed by atoms with Crippen molar-refractivity contribution in [2.45, 2.75) is 33.0 Å². The fourth-order valence-corrected chi connectivity index (χ4v) is 1.19. The van der Waals surface area contributed by atoms with Crippen LogP contribution in [0.4, 0.5) is 0 Å². The van der Waals surface area contributed by atoms with Gasteiger partial charge in [-0.25, -0.2) is 0 Å². The zero-order chi connectivity index (χ0) is 11.4. The molecule has 0 aliphatic heterocycles. The maximum atomic E-state index is 11.2. The van der Waals surface area contributed by atoms with Gasteiger partial charge in [0.05, 0.1) is 5.92 Å². The third-order valence-corrected chi connectivity index (χ3v) is 2.37. The topological polar surface area (TPSA) is 54.4 Å². The molecular formula is C10H16O3Si. The quantitative estimate of drug-likeness (QED) is 0.570. The van der Waals surface area contributed by atoms with Crippen molar-refractivity contribution in [1.82, 2.24) is 0 Å². The first kappa shape index (κ1) is 12.9. The van der Waals surface area contributed by atoms with Crippen molar-refractivity contribution < 1.29 is 14.7 Å². The van der Waals surface area contributed by atoms with Gasteiger partial charge in [0.25, 0.3) is 0 Å². The lowest BCUT2D eigenvalue weighted by Gasteiger charge is -2.04. The number of rotatable bonds is 3. The molecule has 1 unspecified atom stereocenters. The predicted molar refractivity (Wildman–Crippen MR) is 57.5 cm³/mol. The van der Waals surface area contributed by atoms with Crippen LogP contribution in [-0.2, 0) is 9.59 Å². The molecule has 0 rings (SSSR count). The Morgan fingerprint density at radius 1 is 1.36 bits per heavy atom. The van der Waals surface area contributed by atoms with Gasteiger partial charge in [-0.2, -0.15) is 0 Å². The van der Waals surface area contributed by atoms with Crippen molar-refractivity contribution >= 4 is 19.8 Å². The molecule has 0 fully saturated rings. The number of carbonyl (C=O) groups is 2. The van der Waals surface area contributed by atoms with Crippen molar-refractivity contribution in [1.29, 1.82) is 0 Å². The molecule has 0 aliphatic carbocycles. The average molecular weight is 212 g/mol. The molecule has 1 N–H and O–H groups in total. The van der Waals surface area contributed by atoms with Crippen molar-refractivity contribution in [3.8, 4) is 11.5 Å². The number of ketones is 1. The van der Waals surface area contributed by atoms with Crippen LogP contribution >= 0.6 is 0 Å². The highest BCUT2D eigenvalue weighted by Crippen LogP contribution is 2.02. The van der Waals surface area contributed by atoms with Gasteiger partial charge in [0, 0.05) is 6.42 Å². The number of carboxylic acids is 1. The fraction of sp³-hybridized carbons (Fsp3) is 0.600. The number of hydrogen-bond donors (Lipinski definition) is 1. The molecule has 0 aromatic heterocycles. The van der Waals surface area contributed by atoms with Gasteiger partial charge in [0.2, 0.25) is 5.78 Å². The van der Waals surface area contributed by atoms with Crippen molar-refractivity contribution in [3.05, 3.63) is 0 Å². The summed E-state index contributed by atoms with van der Waals surface area (Å²) in [6.07, 6.45) is 0.00676. The minimum Gasteiger partial charge on any atom is -0.481 e. The molecule has 78 valence electrons. The summed E-state index contributed by atoms with van der Waals surface area (Å²) in [6, 6.07) is 0. The van der Waals surface area contributed by atoms with E-state index in [1.807, 2.05) is 19.6 Å². The first-order chi connectivity index (χ1) is 6.22. The van der Waals surface area contributed by atoms with Crippen LogP contribution in [0.3, 0.4) is 0 Å². The highest BCUT2D eigenvalue weighted by atomic mass is 28.3. The highest BCUT2D eigenvalue weighted by molar-refractivity contribution is 6.84. The standard InChI is InChI=1S/C10H16O3Si/c1-8(10(12)13)7-9(11)5-6-14(2,3)4/h8H,7H2,1-4H3,(H,12,13). The van der Waals surface area contributed by atoms with Crippen LogP contribution in [-0.4, -0.2) is 24.9 Å². The largest absolute Gasteiger partial charge is 0.481 e. The number of Topliss-reactive ketones (excluding diaryl/α,β-unsaturated/α-hetero) is 1. The van der Waals surface area contributed by atoms with Crippen LogP contribution in [0.25, 0.3) is 0 Å². The van der Waals surface area contributed by atoms with E-state index in [9.17, 15) is 9.59 Å². The molecule has 0 bridgehead atoms. The summed E-state index contributed by atoms with van der Waals surface area (Å²) in [5.41, 5.74) is 2.91. The molecular weight excluding hydrogens is 196 g/mol. The van der Waals surface area contributed by atoms with E-state index >= 15 is 0 Å². The van der Waals surface area contributed by atoms with Crippen molar-refractivity contribution in [2.24, 2.45) is 5.92 Å². The van der Waals surface area contributed by atoms with E-state index in [4.69, 9.17) is 5.11 Å². The molecule has 0 radical (unpaired) electrons. The third kappa shape index (κ3) is 6.43. The van der Waals surface area contributed by atoms with Crippen molar-refractivity contribution in [3.63, 3.8) is 0 Å². The smallest absolute Gasteiger partial charge is 0.306 e. The maximum Gasteiger partial charge on any atom is 0.306 e. The second-order valence-electron chi connectivity index (χ2n) is 4.37. The Kier molecular flexibility index (Phi) is 4.58. The van der Waals surface area contributed by atoms with Crippen LogP contribution in [0, 0.1) is 17.4 Å². The van der Waals surface area contributed by atoms with Gasteiger partial charge < -0.3 is 5.11 Å². The number of carbonyl (C=O) groups excluding carboxylic acids is 1. The molecule has 0 spiro atoms. The Hall–Kier alpha value is -1.08. The Morgan fingerprint density at radius 2 is 1.86 bits per heavy atom. The van der Waals surface area contributed by atoms with Gasteiger partial charge in [-0.1, -0.05) is 26.6 Å². The first-order valence-corrected chi connectivity index (χ1v) is 8.01. The van der Waals surface area contributed by atoms with Crippen LogP contribution in [0.1, 0.15) is 13.3 Å². The molecule has 0 heterocycles. The lowest BCUT2D eigenvalue weighted by Crippen LogP contribution is -2.18. The number of hydrogen-bond acceptors (Lipinski definition) is 2. The Bertz CT molecular complexity index is 291. The first-order valence-electron chi connectivity index (χ1n) is 4.51. The summed E-state index contributed by atoms with van der Waals surface area (Å²) in [4.78, 5) is 21.6. The van der Waals surface area contributed by atoms with Gasteiger partial charge in [-0.15, -0.1) is 5.54 Å². The maximum absolute atomic E-state index is 11.2. The summed E-state index contributed by atoms with van der Waals surface area (Å²) in [6.45, 7) is 7.62. The van der Waals surface area contributed by atoms with Crippen LogP contribution < -0.4 is 0 Å². The van der Waals surface area contributed by atoms with E-state index in [0.29, 0.717) is 0 Å². The minimum atomic E-state index is -1.53. The molecule has 0 saturated heterocycles. The second kappa shape index (κ2) is 4.96. The Morgan fingerprint density at radius 3 is 2.21 bits per heavy atom. The lowest BCUT2D eigenvalue weighted by atomic mass is 10.1. The number of aliphatic carboxylic acids is 1. The summed E-state index contributed by atoms with van der Waals surface area (Å²) < 4.78 is 0. The van der Waals surface area contributed by atoms with E-state index in [-0.39, 0.29) is 12.2 Å². The molecule has 1 atom stereocenters. The highest BCUT2D eigenvalue weighted by Gasteiger charge is 2.15. The molecule has 0 aromatic rings. The zero-order valence-corrected chi connectivity index (χ0v) is 10.0. The van der Waals surface area contributed by atoms with Gasteiger partial charge in [-0.05, 0) is 5.92 Å². The SMILES string of the molecule is CC(CC(=O)C#C[Si](C)(C)C)C(=O)O. The lowest BCUT2D eigenvalue weighted by molar-refractivity contribution is -0.142. The van der Waals surface area contributed by atoms with E-state index in [1.54, 1.807) is 0 Å². The van der Waals surface area contributed by atoms with Crippen LogP contribution in [0.2, 0.25) is 19.6 Å². The molecule has 14 heavy (non-hydrogen) atoms.